The Kier molecular flexibility index (Phi) is 6.32. The van der Waals surface area contributed by atoms with E-state index in [2.05, 4.69) is 0 Å². The Labute approximate surface area is 160 Å². The summed E-state index contributed by atoms with van der Waals surface area (Å²) in [6.07, 6.45) is -0.279. The number of amides is 1. The zero-order chi connectivity index (χ0) is 20.5. The van der Waals surface area contributed by atoms with Crippen LogP contribution in [0.15, 0.2) is 11.0 Å². The van der Waals surface area contributed by atoms with Gasteiger partial charge in [0.1, 0.15) is 0 Å². The second-order valence-corrected chi connectivity index (χ2v) is 9.12. The van der Waals surface area contributed by atoms with Crippen molar-refractivity contribution in [3.05, 3.63) is 28.3 Å². The molecule has 2 N–H and O–H groups in total. The first-order valence-electron chi connectivity index (χ1n) is 9.04. The van der Waals surface area contributed by atoms with E-state index in [-0.39, 0.29) is 13.1 Å². The second kappa shape index (κ2) is 7.98. The molecule has 0 radical (unpaired) electrons. The number of carbonyl (C=O) groups excluding carboxylic acids is 2. The molecule has 1 atom stereocenters. The van der Waals surface area contributed by atoms with Gasteiger partial charge in [0.2, 0.25) is 10.0 Å². The number of esters is 1. The number of hydrogen-bond acceptors (Lipinski definition) is 5. The Morgan fingerprint density at radius 3 is 2.04 bits per heavy atom. The molecule has 1 heterocycles. The molecule has 150 valence electrons. The van der Waals surface area contributed by atoms with Gasteiger partial charge in [-0.05, 0) is 69.7 Å². The van der Waals surface area contributed by atoms with Crippen molar-refractivity contribution in [3.63, 3.8) is 0 Å². The van der Waals surface area contributed by atoms with Gasteiger partial charge in [0.25, 0.3) is 5.91 Å². The number of nitrogens with two attached hydrogens (primary N) is 1. The maximum Gasteiger partial charge on any atom is 0.309 e. The Hall–Kier alpha value is -1.93. The zero-order valence-electron chi connectivity index (χ0n) is 16.5. The van der Waals surface area contributed by atoms with Gasteiger partial charge in [-0.3, -0.25) is 9.59 Å². The van der Waals surface area contributed by atoms with Gasteiger partial charge in [-0.25, -0.2) is 8.42 Å². The minimum Gasteiger partial charge on any atom is -0.452 e. The highest BCUT2D eigenvalue weighted by Crippen LogP contribution is 2.31. The Balaban J connectivity index is 2.16. The molecule has 27 heavy (non-hydrogen) atoms. The van der Waals surface area contributed by atoms with Gasteiger partial charge in [0.15, 0.2) is 6.10 Å². The van der Waals surface area contributed by atoms with Gasteiger partial charge in [-0.2, -0.15) is 4.31 Å². The number of hydrogen-bond donors (Lipinski definition) is 1. The first-order chi connectivity index (χ1) is 12.5. The molecule has 1 aromatic carbocycles. The summed E-state index contributed by atoms with van der Waals surface area (Å²) >= 11 is 0. The molecule has 1 amide bonds. The maximum atomic E-state index is 13.2. The molecule has 1 aromatic rings. The molecule has 1 saturated heterocycles. The lowest BCUT2D eigenvalue weighted by Crippen LogP contribution is -2.42. The first-order valence-corrected chi connectivity index (χ1v) is 10.5. The van der Waals surface area contributed by atoms with Crippen molar-refractivity contribution in [1.82, 2.24) is 4.31 Å². The molecule has 1 aliphatic rings. The number of primary amides is 1. The SMILES string of the molecule is Cc1cc(C)c(C)c(S(=O)(=O)N2CCC(C(=O)O[C@H](C)C(N)=O)CC2)c1C. The van der Waals surface area contributed by atoms with Crippen molar-refractivity contribution >= 4 is 21.9 Å². The quantitative estimate of drug-likeness (QED) is 0.763. The summed E-state index contributed by atoms with van der Waals surface area (Å²) in [4.78, 5) is 23.5. The average Bonchev–Trinajstić information content (AvgIpc) is 2.60. The molecule has 7 nitrogen and oxygen atoms in total. The van der Waals surface area contributed by atoms with E-state index < -0.39 is 33.9 Å². The van der Waals surface area contributed by atoms with E-state index in [4.69, 9.17) is 10.5 Å². The molecule has 0 saturated carbocycles. The molecule has 0 aromatic heterocycles. The monoisotopic (exact) mass is 396 g/mol. The van der Waals surface area contributed by atoms with Gasteiger partial charge in [0, 0.05) is 13.1 Å². The number of carbonyl (C=O) groups is 2. The fourth-order valence-electron chi connectivity index (χ4n) is 3.36. The standard InChI is InChI=1S/C19H28N2O5S/c1-11-10-12(2)14(4)17(13(11)3)27(24,25)21-8-6-16(7-9-21)19(23)26-15(5)18(20)22/h10,15-16H,6-9H2,1-5H3,(H2,20,22)/t15-/m1/s1. The summed E-state index contributed by atoms with van der Waals surface area (Å²) in [6.45, 7) is 9.35. The third kappa shape index (κ3) is 4.32. The van der Waals surface area contributed by atoms with E-state index in [1.54, 1.807) is 0 Å². The van der Waals surface area contributed by atoms with Gasteiger partial charge in [-0.1, -0.05) is 6.07 Å². The number of nitrogens with zero attached hydrogens (tertiary/aromatic N) is 1. The summed E-state index contributed by atoms with van der Waals surface area (Å²) in [7, 11) is -3.65. The lowest BCUT2D eigenvalue weighted by molar-refractivity contribution is -0.159. The highest BCUT2D eigenvalue weighted by Gasteiger charge is 2.35. The van der Waals surface area contributed by atoms with Crippen LogP contribution in [0.2, 0.25) is 0 Å². The van der Waals surface area contributed by atoms with E-state index in [9.17, 15) is 18.0 Å². The van der Waals surface area contributed by atoms with E-state index in [1.807, 2.05) is 33.8 Å². The van der Waals surface area contributed by atoms with Crippen molar-refractivity contribution in [2.24, 2.45) is 11.7 Å². The zero-order valence-corrected chi connectivity index (χ0v) is 17.4. The summed E-state index contributed by atoms with van der Waals surface area (Å²) in [6, 6.07) is 1.99. The predicted molar refractivity (Wildman–Crippen MR) is 102 cm³/mol. The average molecular weight is 397 g/mol. The number of benzene rings is 1. The summed E-state index contributed by atoms with van der Waals surface area (Å²) in [5.74, 6) is -1.64. The normalized spacial score (nSPS) is 17.5. The van der Waals surface area contributed by atoms with Crippen LogP contribution >= 0.6 is 0 Å². The van der Waals surface area contributed by atoms with Crippen molar-refractivity contribution in [2.45, 2.75) is 58.5 Å². The van der Waals surface area contributed by atoms with Crippen LogP contribution in [0.1, 0.15) is 42.0 Å². The Morgan fingerprint density at radius 1 is 1.11 bits per heavy atom. The van der Waals surface area contributed by atoms with E-state index in [1.165, 1.54) is 11.2 Å². The highest BCUT2D eigenvalue weighted by atomic mass is 32.2. The maximum absolute atomic E-state index is 13.2. The number of rotatable bonds is 5. The van der Waals surface area contributed by atoms with Crippen LogP contribution in [0.4, 0.5) is 0 Å². The van der Waals surface area contributed by atoms with Gasteiger partial charge < -0.3 is 10.5 Å². The van der Waals surface area contributed by atoms with E-state index in [0.29, 0.717) is 17.7 Å². The minimum absolute atomic E-state index is 0.235. The van der Waals surface area contributed by atoms with Crippen LogP contribution in [0, 0.1) is 33.6 Å². The molecular weight excluding hydrogens is 368 g/mol. The Bertz CT molecular complexity index is 829. The van der Waals surface area contributed by atoms with E-state index >= 15 is 0 Å². The van der Waals surface area contributed by atoms with Gasteiger partial charge in [-0.15, -0.1) is 0 Å². The number of ether oxygens (including phenoxy) is 1. The van der Waals surface area contributed by atoms with Gasteiger partial charge >= 0.3 is 5.97 Å². The first kappa shape index (κ1) is 21.4. The Morgan fingerprint density at radius 2 is 1.59 bits per heavy atom. The lowest BCUT2D eigenvalue weighted by atomic mass is 9.98. The van der Waals surface area contributed by atoms with Crippen LogP contribution in [-0.2, 0) is 24.3 Å². The minimum atomic E-state index is -3.65. The van der Waals surface area contributed by atoms with Crippen molar-refractivity contribution in [2.75, 3.05) is 13.1 Å². The number of aryl methyl sites for hydroxylation is 2. The fraction of sp³-hybridized carbons (Fsp3) is 0.579. The van der Waals surface area contributed by atoms with Crippen LogP contribution in [0.3, 0.4) is 0 Å². The number of piperidine rings is 1. The van der Waals surface area contributed by atoms with Crippen LogP contribution in [0.5, 0.6) is 0 Å². The molecule has 0 aliphatic carbocycles. The summed E-state index contributed by atoms with van der Waals surface area (Å²) in [5.41, 5.74) is 8.51. The smallest absolute Gasteiger partial charge is 0.309 e. The molecule has 8 heteroatoms. The lowest BCUT2D eigenvalue weighted by Gasteiger charge is -2.31. The number of sulfonamides is 1. The third-order valence-electron chi connectivity index (χ3n) is 5.38. The second-order valence-electron chi connectivity index (χ2n) is 7.25. The molecule has 1 fully saturated rings. The van der Waals surface area contributed by atoms with Crippen molar-refractivity contribution in [1.29, 1.82) is 0 Å². The molecule has 0 unspecified atom stereocenters. The van der Waals surface area contributed by atoms with Crippen molar-refractivity contribution in [3.8, 4) is 0 Å². The molecule has 0 spiro atoms. The highest BCUT2D eigenvalue weighted by molar-refractivity contribution is 7.89. The fourth-order valence-corrected chi connectivity index (χ4v) is 5.40. The van der Waals surface area contributed by atoms with E-state index in [0.717, 1.165) is 22.3 Å². The molecule has 1 aliphatic heterocycles. The summed E-state index contributed by atoms with van der Waals surface area (Å²) < 4.78 is 32.9. The van der Waals surface area contributed by atoms with Crippen LogP contribution < -0.4 is 5.73 Å². The van der Waals surface area contributed by atoms with Crippen molar-refractivity contribution < 1.29 is 22.7 Å². The third-order valence-corrected chi connectivity index (χ3v) is 7.55. The molecule has 0 bridgehead atoms. The van der Waals surface area contributed by atoms with Gasteiger partial charge in [0.05, 0.1) is 10.8 Å². The molecule has 2 rings (SSSR count). The predicted octanol–water partition coefficient (Wildman–Crippen LogP) is 1.74. The molecular formula is C19H28N2O5S. The van der Waals surface area contributed by atoms with Crippen LogP contribution in [0.25, 0.3) is 0 Å². The summed E-state index contributed by atoms with van der Waals surface area (Å²) in [5, 5.41) is 0. The topological polar surface area (TPSA) is 107 Å². The van der Waals surface area contributed by atoms with Crippen LogP contribution in [-0.4, -0.2) is 43.8 Å². The largest absolute Gasteiger partial charge is 0.452 e.